The van der Waals surface area contributed by atoms with E-state index in [9.17, 15) is 12.9 Å². The standard InChI is InChI=1S/C7H6BBrF3/c9-7-4-2-1-3-6(7)5-8(10,11)12/h1-4H,5H2/q-1. The van der Waals surface area contributed by atoms with E-state index in [2.05, 4.69) is 15.9 Å². The number of halogens is 4. The molecule has 0 N–H and O–H groups in total. The Morgan fingerprint density at radius 3 is 2.25 bits per heavy atom. The zero-order valence-corrected chi connectivity index (χ0v) is 7.69. The molecule has 1 aromatic carbocycles. The Hall–Kier alpha value is -0.445. The zero-order chi connectivity index (χ0) is 9.19. The van der Waals surface area contributed by atoms with E-state index in [0.29, 0.717) is 10.0 Å². The van der Waals surface area contributed by atoms with Crippen LogP contribution in [-0.2, 0) is 6.32 Å². The Balaban J connectivity index is 2.83. The molecule has 0 heterocycles. The molecule has 0 unspecified atom stereocenters. The van der Waals surface area contributed by atoms with Gasteiger partial charge in [0, 0.05) is 4.47 Å². The highest BCUT2D eigenvalue weighted by molar-refractivity contribution is 9.10. The van der Waals surface area contributed by atoms with Crippen molar-refractivity contribution >= 4 is 22.9 Å². The van der Waals surface area contributed by atoms with Crippen molar-refractivity contribution in [1.29, 1.82) is 0 Å². The molecule has 0 saturated carbocycles. The fourth-order valence-corrected chi connectivity index (χ4v) is 1.36. The lowest BCUT2D eigenvalue weighted by molar-refractivity contribution is 0.468. The molecule has 0 atom stereocenters. The van der Waals surface area contributed by atoms with Gasteiger partial charge in [0.05, 0.1) is 0 Å². The van der Waals surface area contributed by atoms with E-state index < -0.39 is 13.3 Å². The second-order valence-electron chi connectivity index (χ2n) is 2.51. The van der Waals surface area contributed by atoms with Crippen molar-refractivity contribution in [2.75, 3.05) is 0 Å². The molecule has 0 saturated heterocycles. The molecule has 1 aromatic rings. The van der Waals surface area contributed by atoms with Crippen LogP contribution in [0.5, 0.6) is 0 Å². The molecule has 0 aliphatic heterocycles. The van der Waals surface area contributed by atoms with Crippen LogP contribution in [0.4, 0.5) is 12.9 Å². The lowest BCUT2D eigenvalue weighted by Crippen LogP contribution is -2.19. The first-order valence-corrected chi connectivity index (χ1v) is 4.23. The van der Waals surface area contributed by atoms with Gasteiger partial charge >= 0.3 is 6.98 Å². The normalized spacial score (nSPS) is 11.7. The number of hydrogen-bond acceptors (Lipinski definition) is 0. The fraction of sp³-hybridized carbons (Fsp3) is 0.143. The van der Waals surface area contributed by atoms with Crippen LogP contribution in [0.15, 0.2) is 28.7 Å². The highest BCUT2D eigenvalue weighted by Crippen LogP contribution is 2.22. The summed E-state index contributed by atoms with van der Waals surface area (Å²) in [6, 6.07) is 6.37. The van der Waals surface area contributed by atoms with Crippen molar-refractivity contribution in [3.63, 3.8) is 0 Å². The molecular weight excluding hydrogens is 232 g/mol. The minimum atomic E-state index is -4.73. The van der Waals surface area contributed by atoms with Gasteiger partial charge in [-0.3, -0.25) is 0 Å². The van der Waals surface area contributed by atoms with E-state index in [4.69, 9.17) is 0 Å². The first kappa shape index (κ1) is 9.64. The highest BCUT2D eigenvalue weighted by atomic mass is 79.9. The Morgan fingerprint density at radius 1 is 1.17 bits per heavy atom. The predicted octanol–water partition coefficient (Wildman–Crippen LogP) is 3.38. The minimum Gasteiger partial charge on any atom is -0.449 e. The summed E-state index contributed by atoms with van der Waals surface area (Å²) in [7, 11) is 0. The van der Waals surface area contributed by atoms with E-state index in [1.807, 2.05) is 0 Å². The minimum absolute atomic E-state index is 0.296. The Morgan fingerprint density at radius 2 is 1.75 bits per heavy atom. The summed E-state index contributed by atoms with van der Waals surface area (Å²) < 4.78 is 36.4. The van der Waals surface area contributed by atoms with Crippen LogP contribution in [0.25, 0.3) is 0 Å². The van der Waals surface area contributed by atoms with Gasteiger partial charge in [-0.25, -0.2) is 0 Å². The van der Waals surface area contributed by atoms with Crippen molar-refractivity contribution in [1.82, 2.24) is 0 Å². The maximum Gasteiger partial charge on any atom is 0.482 e. The van der Waals surface area contributed by atoms with Crippen LogP contribution in [0.2, 0.25) is 0 Å². The van der Waals surface area contributed by atoms with E-state index in [1.165, 1.54) is 6.07 Å². The SMILES string of the molecule is F[B-](F)(F)Cc1ccccc1Br. The summed E-state index contributed by atoms with van der Waals surface area (Å²) in [4.78, 5) is 0. The topological polar surface area (TPSA) is 0 Å². The monoisotopic (exact) mass is 237 g/mol. The van der Waals surface area contributed by atoms with Gasteiger partial charge in [0.15, 0.2) is 0 Å². The third-order valence-electron chi connectivity index (χ3n) is 1.41. The first-order chi connectivity index (χ1) is 5.49. The molecule has 0 nitrogen and oxygen atoms in total. The average Bonchev–Trinajstić information content (AvgIpc) is 1.91. The second-order valence-corrected chi connectivity index (χ2v) is 3.36. The summed E-state index contributed by atoms with van der Waals surface area (Å²) in [5.74, 6) is 0. The molecule has 0 bridgehead atoms. The van der Waals surface area contributed by atoms with Crippen LogP contribution in [0.3, 0.4) is 0 Å². The van der Waals surface area contributed by atoms with Crippen molar-refractivity contribution in [3.8, 4) is 0 Å². The third-order valence-corrected chi connectivity index (χ3v) is 2.18. The molecule has 66 valence electrons. The fourth-order valence-electron chi connectivity index (χ4n) is 0.913. The number of hydrogen-bond donors (Lipinski definition) is 0. The largest absolute Gasteiger partial charge is 0.482 e. The Labute approximate surface area is 77.0 Å². The van der Waals surface area contributed by atoms with Crippen molar-refractivity contribution in [3.05, 3.63) is 34.3 Å². The second kappa shape index (κ2) is 3.52. The number of benzene rings is 1. The van der Waals surface area contributed by atoms with Crippen LogP contribution in [0.1, 0.15) is 5.56 Å². The predicted molar refractivity (Wildman–Crippen MR) is 46.9 cm³/mol. The van der Waals surface area contributed by atoms with Crippen LogP contribution >= 0.6 is 15.9 Å². The van der Waals surface area contributed by atoms with E-state index in [0.717, 1.165) is 0 Å². The summed E-state index contributed by atoms with van der Waals surface area (Å²) in [5, 5.41) is 0. The Kier molecular flexibility index (Phi) is 2.83. The molecule has 0 spiro atoms. The summed E-state index contributed by atoms with van der Waals surface area (Å²) in [6.07, 6.45) is -0.818. The highest BCUT2D eigenvalue weighted by Gasteiger charge is 2.23. The lowest BCUT2D eigenvalue weighted by atomic mass is 9.82. The van der Waals surface area contributed by atoms with E-state index >= 15 is 0 Å². The molecule has 5 heteroatoms. The smallest absolute Gasteiger partial charge is 0.449 e. The van der Waals surface area contributed by atoms with E-state index in [1.54, 1.807) is 18.2 Å². The maximum atomic E-state index is 12.0. The molecule has 0 amide bonds. The molecule has 0 aliphatic rings. The van der Waals surface area contributed by atoms with Crippen molar-refractivity contribution in [2.45, 2.75) is 6.32 Å². The summed E-state index contributed by atoms with van der Waals surface area (Å²) in [6.45, 7) is -4.73. The Bertz CT molecular complexity index is 272. The molecule has 0 aromatic heterocycles. The van der Waals surface area contributed by atoms with Gasteiger partial charge < -0.3 is 12.9 Å². The van der Waals surface area contributed by atoms with Gasteiger partial charge in [-0.2, -0.15) is 0 Å². The van der Waals surface area contributed by atoms with Gasteiger partial charge in [-0.15, -0.1) is 0 Å². The first-order valence-electron chi connectivity index (χ1n) is 3.43. The van der Waals surface area contributed by atoms with Crippen molar-refractivity contribution in [2.24, 2.45) is 0 Å². The van der Waals surface area contributed by atoms with Crippen LogP contribution in [0, 0.1) is 0 Å². The maximum absolute atomic E-state index is 12.0. The van der Waals surface area contributed by atoms with E-state index in [-0.39, 0.29) is 0 Å². The molecule has 0 aliphatic carbocycles. The van der Waals surface area contributed by atoms with Gasteiger partial charge in [0.25, 0.3) is 0 Å². The van der Waals surface area contributed by atoms with Crippen LogP contribution in [-0.4, -0.2) is 6.98 Å². The zero-order valence-electron chi connectivity index (χ0n) is 6.11. The van der Waals surface area contributed by atoms with Gasteiger partial charge in [-0.1, -0.05) is 46.0 Å². The molecule has 1 rings (SSSR count). The van der Waals surface area contributed by atoms with Gasteiger partial charge in [-0.05, 0) is 6.07 Å². The lowest BCUT2D eigenvalue weighted by Gasteiger charge is -2.14. The average molecular weight is 238 g/mol. The molecular formula is C7H6BBrF3-. The summed E-state index contributed by atoms with van der Waals surface area (Å²) >= 11 is 3.06. The van der Waals surface area contributed by atoms with Crippen LogP contribution < -0.4 is 0 Å². The number of rotatable bonds is 2. The van der Waals surface area contributed by atoms with Gasteiger partial charge in [0.1, 0.15) is 0 Å². The van der Waals surface area contributed by atoms with Gasteiger partial charge in [0.2, 0.25) is 0 Å². The summed E-state index contributed by atoms with van der Waals surface area (Å²) in [5.41, 5.74) is 0.296. The molecule has 0 radical (unpaired) electrons. The molecule has 0 fully saturated rings. The van der Waals surface area contributed by atoms with Crippen molar-refractivity contribution < 1.29 is 12.9 Å². The third kappa shape index (κ3) is 2.89. The molecule has 12 heavy (non-hydrogen) atoms. The quantitative estimate of drug-likeness (QED) is 0.692.